The van der Waals surface area contributed by atoms with Gasteiger partial charge >= 0.3 is 0 Å². The zero-order valence-electron chi connectivity index (χ0n) is 17.6. The van der Waals surface area contributed by atoms with Crippen molar-refractivity contribution in [1.82, 2.24) is 0 Å². The molecule has 0 spiro atoms. The van der Waals surface area contributed by atoms with Gasteiger partial charge in [-0.1, -0.05) is 55.8 Å². The molecule has 0 radical (unpaired) electrons. The number of carbonyl (C=O) groups is 1. The Morgan fingerprint density at radius 1 is 1.03 bits per heavy atom. The molecular formula is C24H22ClN3O3S. The van der Waals surface area contributed by atoms with Crippen molar-refractivity contribution in [3.05, 3.63) is 83.4 Å². The third kappa shape index (κ3) is 4.40. The van der Waals surface area contributed by atoms with Crippen LogP contribution in [0.5, 0.6) is 0 Å². The quantitative estimate of drug-likeness (QED) is 0.508. The molecule has 8 heteroatoms. The van der Waals surface area contributed by atoms with Crippen LogP contribution in [0.15, 0.2) is 82.1 Å². The van der Waals surface area contributed by atoms with E-state index in [1.54, 1.807) is 36.4 Å². The summed E-state index contributed by atoms with van der Waals surface area (Å²) in [7, 11) is -3.94. The van der Waals surface area contributed by atoms with Gasteiger partial charge in [-0.05, 0) is 48.4 Å². The average molecular weight is 468 g/mol. The zero-order valence-corrected chi connectivity index (χ0v) is 19.2. The Hall–Kier alpha value is -3.16. The minimum absolute atomic E-state index is 0.0332. The van der Waals surface area contributed by atoms with Crippen molar-refractivity contribution < 1.29 is 13.2 Å². The van der Waals surface area contributed by atoms with Crippen LogP contribution in [0.2, 0.25) is 5.02 Å². The third-order valence-electron chi connectivity index (χ3n) is 4.94. The van der Waals surface area contributed by atoms with E-state index in [0.717, 1.165) is 5.69 Å². The highest BCUT2D eigenvalue weighted by Crippen LogP contribution is 2.39. The Kier molecular flexibility index (Phi) is 6.04. The van der Waals surface area contributed by atoms with Crippen molar-refractivity contribution in [1.29, 1.82) is 0 Å². The molecule has 3 aromatic carbocycles. The Morgan fingerprint density at radius 3 is 2.41 bits per heavy atom. The standard InChI is InChI=1S/C24H22ClN3O3S/c1-16(2)14-23-27-32(30,31)22-15-17(26-24(29)19-10-6-7-11-20(19)25)12-13-21(22)28(23)18-8-4-3-5-9-18/h3-13,15-16H,14H2,1-2H3,(H,26,29). The largest absolute Gasteiger partial charge is 0.322 e. The van der Waals surface area contributed by atoms with Gasteiger partial charge in [0.1, 0.15) is 10.7 Å². The predicted molar refractivity (Wildman–Crippen MR) is 129 cm³/mol. The highest BCUT2D eigenvalue weighted by atomic mass is 35.5. The Morgan fingerprint density at radius 2 is 1.72 bits per heavy atom. The molecule has 0 saturated carbocycles. The predicted octanol–water partition coefficient (Wildman–Crippen LogP) is 5.88. The van der Waals surface area contributed by atoms with E-state index in [-0.39, 0.29) is 10.8 Å². The summed E-state index contributed by atoms with van der Waals surface area (Å²) in [4.78, 5) is 14.5. The number of para-hydroxylation sites is 1. The van der Waals surface area contributed by atoms with Crippen molar-refractivity contribution in [2.45, 2.75) is 25.2 Å². The van der Waals surface area contributed by atoms with E-state index in [4.69, 9.17) is 11.6 Å². The molecule has 6 nitrogen and oxygen atoms in total. The van der Waals surface area contributed by atoms with Crippen LogP contribution >= 0.6 is 11.6 Å². The molecule has 0 bridgehead atoms. The van der Waals surface area contributed by atoms with E-state index < -0.39 is 15.9 Å². The number of rotatable bonds is 5. The van der Waals surface area contributed by atoms with E-state index in [1.165, 1.54) is 6.07 Å². The fourth-order valence-electron chi connectivity index (χ4n) is 3.55. The van der Waals surface area contributed by atoms with E-state index in [0.29, 0.717) is 34.2 Å². The van der Waals surface area contributed by atoms with Crippen LogP contribution in [-0.4, -0.2) is 20.2 Å². The molecule has 1 aliphatic rings. The number of hydrogen-bond donors (Lipinski definition) is 1. The van der Waals surface area contributed by atoms with Crippen molar-refractivity contribution in [3.8, 4) is 0 Å². The van der Waals surface area contributed by atoms with E-state index in [1.807, 2.05) is 49.1 Å². The van der Waals surface area contributed by atoms with Crippen molar-refractivity contribution in [2.24, 2.45) is 10.3 Å². The first kappa shape index (κ1) is 22.0. The molecule has 0 unspecified atom stereocenters. The number of nitrogens with one attached hydrogen (secondary N) is 1. The van der Waals surface area contributed by atoms with Crippen LogP contribution in [-0.2, 0) is 10.0 Å². The van der Waals surface area contributed by atoms with E-state index in [9.17, 15) is 13.2 Å². The fourth-order valence-corrected chi connectivity index (χ4v) is 5.01. The third-order valence-corrected chi connectivity index (χ3v) is 6.61. The van der Waals surface area contributed by atoms with Crippen LogP contribution in [0.4, 0.5) is 17.1 Å². The van der Waals surface area contributed by atoms with Gasteiger partial charge in [0, 0.05) is 17.8 Å². The fraction of sp³-hybridized carbons (Fsp3) is 0.167. The average Bonchev–Trinajstić information content (AvgIpc) is 2.74. The second-order valence-electron chi connectivity index (χ2n) is 7.87. The molecule has 1 heterocycles. The van der Waals surface area contributed by atoms with Gasteiger partial charge in [0.05, 0.1) is 16.3 Å². The van der Waals surface area contributed by atoms with Gasteiger partial charge in [-0.15, -0.1) is 4.40 Å². The summed E-state index contributed by atoms with van der Waals surface area (Å²) >= 11 is 6.11. The molecular weight excluding hydrogens is 446 g/mol. The number of benzene rings is 3. The van der Waals surface area contributed by atoms with Gasteiger partial charge in [0.2, 0.25) is 0 Å². The first-order valence-corrected chi connectivity index (χ1v) is 12.0. The highest BCUT2D eigenvalue weighted by Gasteiger charge is 2.32. The molecule has 3 aromatic rings. The molecule has 0 saturated heterocycles. The number of halogens is 1. The van der Waals surface area contributed by atoms with Crippen LogP contribution in [0.1, 0.15) is 30.6 Å². The molecule has 32 heavy (non-hydrogen) atoms. The van der Waals surface area contributed by atoms with Gasteiger partial charge in [0.25, 0.3) is 15.9 Å². The number of carbonyl (C=O) groups excluding carboxylic acids is 1. The number of sulfonamides is 1. The van der Waals surface area contributed by atoms with Crippen molar-refractivity contribution >= 4 is 50.4 Å². The molecule has 0 fully saturated rings. The van der Waals surface area contributed by atoms with Crippen LogP contribution in [0.3, 0.4) is 0 Å². The van der Waals surface area contributed by atoms with Gasteiger partial charge in [0.15, 0.2) is 0 Å². The monoisotopic (exact) mass is 467 g/mol. The number of nitrogens with zero attached hydrogens (tertiary/aromatic N) is 2. The SMILES string of the molecule is CC(C)CC1=NS(=O)(=O)c2cc(NC(=O)c3ccccc3Cl)ccc2N1c1ccccc1. The Balaban J connectivity index is 1.77. The molecule has 1 amide bonds. The molecule has 0 aliphatic carbocycles. The summed E-state index contributed by atoms with van der Waals surface area (Å²) in [6, 6.07) is 21.0. The zero-order chi connectivity index (χ0) is 22.9. The molecule has 1 N–H and O–H groups in total. The van der Waals surface area contributed by atoms with Crippen molar-refractivity contribution in [3.63, 3.8) is 0 Å². The van der Waals surface area contributed by atoms with Crippen LogP contribution in [0, 0.1) is 5.92 Å². The summed E-state index contributed by atoms with van der Waals surface area (Å²) < 4.78 is 30.2. The summed E-state index contributed by atoms with van der Waals surface area (Å²) in [6.45, 7) is 4.03. The highest BCUT2D eigenvalue weighted by molar-refractivity contribution is 7.90. The molecule has 4 rings (SSSR count). The number of amidine groups is 1. The lowest BCUT2D eigenvalue weighted by atomic mass is 10.1. The van der Waals surface area contributed by atoms with Gasteiger partial charge in [-0.3, -0.25) is 9.69 Å². The van der Waals surface area contributed by atoms with Crippen LogP contribution in [0.25, 0.3) is 0 Å². The topological polar surface area (TPSA) is 78.8 Å². The Labute approximate surface area is 192 Å². The second kappa shape index (κ2) is 8.76. The lowest BCUT2D eigenvalue weighted by Crippen LogP contribution is -2.33. The lowest BCUT2D eigenvalue weighted by molar-refractivity contribution is 0.102. The van der Waals surface area contributed by atoms with E-state index >= 15 is 0 Å². The summed E-state index contributed by atoms with van der Waals surface area (Å²) in [5.74, 6) is 0.255. The Bertz CT molecular complexity index is 1310. The van der Waals surface area contributed by atoms with Crippen LogP contribution < -0.4 is 10.2 Å². The number of anilines is 3. The first-order chi connectivity index (χ1) is 15.3. The number of fused-ring (bicyclic) bond motifs is 1. The maximum atomic E-state index is 13.1. The van der Waals surface area contributed by atoms with Gasteiger partial charge in [-0.25, -0.2) is 0 Å². The second-order valence-corrected chi connectivity index (χ2v) is 9.85. The maximum absolute atomic E-state index is 13.1. The van der Waals surface area contributed by atoms with Gasteiger partial charge < -0.3 is 5.32 Å². The molecule has 1 aliphatic heterocycles. The van der Waals surface area contributed by atoms with E-state index in [2.05, 4.69) is 9.71 Å². The summed E-state index contributed by atoms with van der Waals surface area (Å²) in [6.07, 6.45) is 0.499. The smallest absolute Gasteiger partial charge is 0.286 e. The van der Waals surface area contributed by atoms with Gasteiger partial charge in [-0.2, -0.15) is 8.42 Å². The molecule has 0 aromatic heterocycles. The summed E-state index contributed by atoms with van der Waals surface area (Å²) in [5, 5.41) is 3.04. The lowest BCUT2D eigenvalue weighted by Gasteiger charge is -2.32. The normalized spacial score (nSPS) is 14.6. The first-order valence-electron chi connectivity index (χ1n) is 10.2. The minimum atomic E-state index is -3.94. The maximum Gasteiger partial charge on any atom is 0.286 e. The number of hydrogen-bond acceptors (Lipinski definition) is 4. The molecule has 164 valence electrons. The number of amides is 1. The van der Waals surface area contributed by atoms with Crippen molar-refractivity contribution in [2.75, 3.05) is 10.2 Å². The minimum Gasteiger partial charge on any atom is -0.322 e. The summed E-state index contributed by atoms with van der Waals surface area (Å²) in [5.41, 5.74) is 1.96. The molecule has 0 atom stereocenters.